The standard InChI is InChI=1S/C18H17N5O/c1-18(2)7-13-15(14(24)8-18)16(23-17(22-13)20-10-21-23)12-5-3-11(9-19)4-6-12/h3-6,10,16H,7-8H2,1-2H3,(H,20,21,22)/t16-/m0/s1. The Hall–Kier alpha value is -2.94. The zero-order chi connectivity index (χ0) is 16.9. The van der Waals surface area contributed by atoms with Crippen molar-refractivity contribution in [3.63, 3.8) is 0 Å². The number of hydrogen-bond donors (Lipinski definition) is 1. The fourth-order valence-corrected chi connectivity index (χ4v) is 3.60. The number of fused-ring (bicyclic) bond motifs is 1. The molecule has 1 N–H and O–H groups in total. The predicted octanol–water partition coefficient (Wildman–Crippen LogP) is 2.81. The van der Waals surface area contributed by atoms with Gasteiger partial charge in [-0.15, -0.1) is 0 Å². The zero-order valence-electron chi connectivity index (χ0n) is 13.6. The van der Waals surface area contributed by atoms with Crippen molar-refractivity contribution < 1.29 is 4.79 Å². The first kappa shape index (κ1) is 14.6. The number of nitriles is 1. The first-order valence-electron chi connectivity index (χ1n) is 7.91. The minimum atomic E-state index is -0.296. The van der Waals surface area contributed by atoms with E-state index in [4.69, 9.17) is 5.26 Å². The number of Topliss-reactive ketones (excluding diaryl/α,β-unsaturated/α-hetero) is 1. The van der Waals surface area contributed by atoms with E-state index < -0.39 is 0 Å². The van der Waals surface area contributed by atoms with E-state index in [1.807, 2.05) is 12.1 Å². The number of benzene rings is 1. The number of aromatic nitrogens is 3. The normalized spacial score (nSPS) is 21.5. The van der Waals surface area contributed by atoms with Crippen LogP contribution in [0.3, 0.4) is 0 Å². The Kier molecular flexibility index (Phi) is 3.07. The van der Waals surface area contributed by atoms with Gasteiger partial charge in [0, 0.05) is 17.7 Å². The molecule has 0 amide bonds. The second-order valence-electron chi connectivity index (χ2n) is 7.12. The summed E-state index contributed by atoms with van der Waals surface area (Å²) in [6.07, 6.45) is 2.81. The van der Waals surface area contributed by atoms with E-state index in [2.05, 4.69) is 35.3 Å². The molecule has 1 aliphatic heterocycles. The number of nitrogens with zero attached hydrogens (tertiary/aromatic N) is 4. The second-order valence-corrected chi connectivity index (χ2v) is 7.12. The number of carbonyl (C=O) groups excluding carboxylic acids is 1. The summed E-state index contributed by atoms with van der Waals surface area (Å²) in [4.78, 5) is 17.1. The number of hydrogen-bond acceptors (Lipinski definition) is 5. The third kappa shape index (κ3) is 2.21. The Balaban J connectivity index is 1.88. The topological polar surface area (TPSA) is 83.6 Å². The zero-order valence-corrected chi connectivity index (χ0v) is 13.6. The minimum absolute atomic E-state index is 0.0691. The van der Waals surface area contributed by atoms with E-state index in [0.717, 1.165) is 23.3 Å². The molecular formula is C18H17N5O. The van der Waals surface area contributed by atoms with Crippen molar-refractivity contribution in [3.05, 3.63) is 53.0 Å². The van der Waals surface area contributed by atoms with Crippen molar-refractivity contribution in [1.82, 2.24) is 14.8 Å². The molecule has 1 aliphatic carbocycles. The van der Waals surface area contributed by atoms with Gasteiger partial charge in [-0.3, -0.25) is 4.79 Å². The number of allylic oxidation sites excluding steroid dienone is 2. The summed E-state index contributed by atoms with van der Waals surface area (Å²) in [5, 5.41) is 16.6. The van der Waals surface area contributed by atoms with Crippen molar-refractivity contribution in [2.24, 2.45) is 5.41 Å². The van der Waals surface area contributed by atoms with Gasteiger partial charge < -0.3 is 5.32 Å². The lowest BCUT2D eigenvalue weighted by Crippen LogP contribution is -2.36. The Morgan fingerprint density at radius 1 is 1.29 bits per heavy atom. The maximum atomic E-state index is 12.9. The highest BCUT2D eigenvalue weighted by molar-refractivity contribution is 6.00. The Morgan fingerprint density at radius 3 is 2.75 bits per heavy atom. The average Bonchev–Trinajstić information content (AvgIpc) is 3.00. The van der Waals surface area contributed by atoms with Gasteiger partial charge in [0.25, 0.3) is 0 Å². The highest BCUT2D eigenvalue weighted by Crippen LogP contribution is 2.44. The molecule has 0 saturated carbocycles. The van der Waals surface area contributed by atoms with Crippen molar-refractivity contribution in [3.8, 4) is 6.07 Å². The summed E-state index contributed by atoms with van der Waals surface area (Å²) in [5.74, 6) is 0.790. The van der Waals surface area contributed by atoms with Gasteiger partial charge in [0.1, 0.15) is 12.4 Å². The van der Waals surface area contributed by atoms with E-state index in [0.29, 0.717) is 17.9 Å². The molecule has 0 saturated heterocycles. The smallest absolute Gasteiger partial charge is 0.226 e. The van der Waals surface area contributed by atoms with Crippen molar-refractivity contribution in [2.45, 2.75) is 32.7 Å². The largest absolute Gasteiger partial charge is 0.328 e. The lowest BCUT2D eigenvalue weighted by atomic mass is 9.73. The second kappa shape index (κ2) is 5.03. The first-order valence-corrected chi connectivity index (χ1v) is 7.91. The number of rotatable bonds is 1. The summed E-state index contributed by atoms with van der Waals surface area (Å²) in [6, 6.07) is 9.14. The maximum absolute atomic E-state index is 12.9. The molecule has 2 aliphatic rings. The van der Waals surface area contributed by atoms with Gasteiger partial charge in [0.2, 0.25) is 5.95 Å². The molecule has 6 nitrogen and oxygen atoms in total. The van der Waals surface area contributed by atoms with Crippen molar-refractivity contribution in [2.75, 3.05) is 5.32 Å². The van der Waals surface area contributed by atoms with Crippen LogP contribution >= 0.6 is 0 Å². The lowest BCUT2D eigenvalue weighted by molar-refractivity contribution is -0.118. The van der Waals surface area contributed by atoms with Gasteiger partial charge in [-0.05, 0) is 29.5 Å². The van der Waals surface area contributed by atoms with Crippen LogP contribution in [-0.4, -0.2) is 20.5 Å². The molecule has 2 aromatic rings. The van der Waals surface area contributed by atoms with Crippen LogP contribution in [0.1, 0.15) is 43.9 Å². The van der Waals surface area contributed by atoms with Crippen LogP contribution in [0.2, 0.25) is 0 Å². The van der Waals surface area contributed by atoms with Gasteiger partial charge >= 0.3 is 0 Å². The van der Waals surface area contributed by atoms with E-state index in [1.165, 1.54) is 6.33 Å². The Labute approximate surface area is 139 Å². The minimum Gasteiger partial charge on any atom is -0.328 e. The molecule has 0 radical (unpaired) electrons. The van der Waals surface area contributed by atoms with E-state index in [-0.39, 0.29) is 17.2 Å². The maximum Gasteiger partial charge on any atom is 0.226 e. The third-order valence-corrected chi connectivity index (χ3v) is 4.63. The molecule has 0 bridgehead atoms. The molecule has 1 aromatic heterocycles. The van der Waals surface area contributed by atoms with Crippen molar-refractivity contribution >= 4 is 11.7 Å². The SMILES string of the molecule is CC1(C)CC(=O)C2=C(C1)Nc1ncnn1[C@H]2c1ccc(C#N)cc1. The molecule has 24 heavy (non-hydrogen) atoms. The fourth-order valence-electron chi connectivity index (χ4n) is 3.60. The summed E-state index contributed by atoms with van der Waals surface area (Å²) in [6.45, 7) is 4.21. The van der Waals surface area contributed by atoms with E-state index in [9.17, 15) is 4.79 Å². The van der Waals surface area contributed by atoms with E-state index in [1.54, 1.807) is 16.8 Å². The first-order chi connectivity index (χ1) is 11.5. The van der Waals surface area contributed by atoms with Gasteiger partial charge in [-0.2, -0.15) is 15.3 Å². The summed E-state index contributed by atoms with van der Waals surface area (Å²) < 4.78 is 1.75. The van der Waals surface area contributed by atoms with E-state index >= 15 is 0 Å². The molecule has 4 rings (SSSR count). The van der Waals surface area contributed by atoms with Crippen LogP contribution in [0.25, 0.3) is 0 Å². The summed E-state index contributed by atoms with van der Waals surface area (Å²) in [5.41, 5.74) is 3.16. The molecule has 1 atom stereocenters. The molecule has 120 valence electrons. The van der Waals surface area contributed by atoms with Crippen LogP contribution in [-0.2, 0) is 4.79 Å². The van der Waals surface area contributed by atoms with Gasteiger partial charge in [0.05, 0.1) is 11.6 Å². The van der Waals surface area contributed by atoms with Crippen molar-refractivity contribution in [1.29, 1.82) is 5.26 Å². The monoisotopic (exact) mass is 319 g/mol. The fraction of sp³-hybridized carbons (Fsp3) is 0.333. The quantitative estimate of drug-likeness (QED) is 0.874. The molecule has 0 spiro atoms. The van der Waals surface area contributed by atoms with Crippen LogP contribution in [0.15, 0.2) is 41.9 Å². The van der Waals surface area contributed by atoms with Gasteiger partial charge in [0.15, 0.2) is 5.78 Å². The number of anilines is 1. The lowest BCUT2D eigenvalue weighted by Gasteiger charge is -2.38. The van der Waals surface area contributed by atoms with Crippen LogP contribution < -0.4 is 5.32 Å². The summed E-state index contributed by atoms with van der Waals surface area (Å²) >= 11 is 0. The third-order valence-electron chi connectivity index (χ3n) is 4.63. The van der Waals surface area contributed by atoms with Gasteiger partial charge in [-0.1, -0.05) is 26.0 Å². The number of nitrogens with one attached hydrogen (secondary N) is 1. The molecular weight excluding hydrogens is 302 g/mol. The molecule has 0 unspecified atom stereocenters. The predicted molar refractivity (Wildman–Crippen MR) is 88.0 cm³/mol. The molecule has 6 heteroatoms. The molecule has 1 aromatic carbocycles. The average molecular weight is 319 g/mol. The van der Waals surface area contributed by atoms with Crippen LogP contribution in [0.4, 0.5) is 5.95 Å². The van der Waals surface area contributed by atoms with Gasteiger partial charge in [-0.25, -0.2) is 4.68 Å². The number of ketones is 1. The number of carbonyl (C=O) groups is 1. The highest BCUT2D eigenvalue weighted by atomic mass is 16.1. The van der Waals surface area contributed by atoms with Crippen LogP contribution in [0.5, 0.6) is 0 Å². The Bertz CT molecular complexity index is 898. The molecule has 2 heterocycles. The van der Waals surface area contributed by atoms with Crippen LogP contribution in [0, 0.1) is 16.7 Å². The Morgan fingerprint density at radius 2 is 2.04 bits per heavy atom. The molecule has 0 fully saturated rings. The summed E-state index contributed by atoms with van der Waals surface area (Å²) in [7, 11) is 0. The highest BCUT2D eigenvalue weighted by Gasteiger charge is 2.41.